The molecular formula is C30H36FN3O4S. The Hall–Kier alpha value is -3.72. The van der Waals surface area contributed by atoms with Crippen molar-refractivity contribution in [1.29, 1.82) is 0 Å². The van der Waals surface area contributed by atoms with Gasteiger partial charge in [-0.05, 0) is 88.6 Å². The molecule has 7 nitrogen and oxygen atoms in total. The smallest absolute Gasteiger partial charge is 0.264 e. The van der Waals surface area contributed by atoms with Gasteiger partial charge in [0.1, 0.15) is 18.4 Å². The van der Waals surface area contributed by atoms with Crippen LogP contribution in [0.2, 0.25) is 0 Å². The number of carbonyl (C=O) groups is 2. The molecule has 0 saturated heterocycles. The number of carbonyl (C=O) groups excluding carboxylic acids is 2. The Bertz CT molecular complexity index is 1420. The van der Waals surface area contributed by atoms with E-state index in [1.54, 1.807) is 44.2 Å². The molecule has 0 aliphatic rings. The predicted octanol–water partition coefficient (Wildman–Crippen LogP) is 4.97. The number of amides is 2. The normalized spacial score (nSPS) is 12.5. The van der Waals surface area contributed by atoms with E-state index in [9.17, 15) is 22.4 Å². The summed E-state index contributed by atoms with van der Waals surface area (Å²) in [5, 5.41) is 2.88. The van der Waals surface area contributed by atoms with E-state index in [0.717, 1.165) is 9.87 Å². The number of aryl methyl sites for hydroxylation is 1. The minimum atomic E-state index is -4.14. The average molecular weight is 554 g/mol. The maximum absolute atomic E-state index is 13.9. The Morgan fingerprint density at radius 3 is 2.13 bits per heavy atom. The summed E-state index contributed by atoms with van der Waals surface area (Å²) in [7, 11) is -4.14. The molecule has 1 atom stereocenters. The third-order valence-electron chi connectivity index (χ3n) is 6.39. The Kier molecular flexibility index (Phi) is 9.17. The summed E-state index contributed by atoms with van der Waals surface area (Å²) in [4.78, 5) is 28.4. The monoisotopic (exact) mass is 553 g/mol. The summed E-state index contributed by atoms with van der Waals surface area (Å²) in [5.41, 5.74) is 2.02. The van der Waals surface area contributed by atoms with Crippen LogP contribution in [-0.2, 0) is 26.2 Å². The highest BCUT2D eigenvalue weighted by Crippen LogP contribution is 2.29. The van der Waals surface area contributed by atoms with Gasteiger partial charge in [-0.25, -0.2) is 12.8 Å². The van der Waals surface area contributed by atoms with Crippen molar-refractivity contribution in [2.24, 2.45) is 0 Å². The van der Waals surface area contributed by atoms with Gasteiger partial charge in [-0.3, -0.25) is 13.9 Å². The molecule has 0 heterocycles. The van der Waals surface area contributed by atoms with Crippen molar-refractivity contribution in [3.8, 4) is 0 Å². The van der Waals surface area contributed by atoms with Crippen molar-refractivity contribution >= 4 is 27.5 Å². The van der Waals surface area contributed by atoms with Gasteiger partial charge in [0.05, 0.1) is 10.6 Å². The highest BCUT2D eigenvalue weighted by molar-refractivity contribution is 7.92. The molecule has 0 aliphatic carbocycles. The van der Waals surface area contributed by atoms with Gasteiger partial charge in [-0.2, -0.15) is 0 Å². The van der Waals surface area contributed by atoms with Gasteiger partial charge < -0.3 is 10.2 Å². The summed E-state index contributed by atoms with van der Waals surface area (Å²) in [6.07, 6.45) is 0. The van der Waals surface area contributed by atoms with Gasteiger partial charge in [-0.1, -0.05) is 42.5 Å². The van der Waals surface area contributed by atoms with Crippen molar-refractivity contribution in [3.63, 3.8) is 0 Å². The Morgan fingerprint density at radius 1 is 0.923 bits per heavy atom. The highest BCUT2D eigenvalue weighted by Gasteiger charge is 2.34. The zero-order valence-electron chi connectivity index (χ0n) is 23.2. The van der Waals surface area contributed by atoms with E-state index in [4.69, 9.17) is 0 Å². The topological polar surface area (TPSA) is 86.8 Å². The van der Waals surface area contributed by atoms with Crippen LogP contribution < -0.4 is 9.62 Å². The van der Waals surface area contributed by atoms with Crippen LogP contribution in [0, 0.1) is 19.7 Å². The summed E-state index contributed by atoms with van der Waals surface area (Å²) in [6, 6.07) is 17.9. The fraction of sp³-hybridized carbons (Fsp3) is 0.333. The maximum atomic E-state index is 13.9. The lowest BCUT2D eigenvalue weighted by Crippen LogP contribution is -2.54. The molecule has 2 amide bonds. The number of halogens is 1. The van der Waals surface area contributed by atoms with Crippen molar-refractivity contribution in [2.75, 3.05) is 10.8 Å². The van der Waals surface area contributed by atoms with Gasteiger partial charge in [0.25, 0.3) is 10.0 Å². The molecule has 0 aromatic heterocycles. The first-order chi connectivity index (χ1) is 18.2. The van der Waals surface area contributed by atoms with Gasteiger partial charge in [0.2, 0.25) is 11.8 Å². The van der Waals surface area contributed by atoms with Crippen LogP contribution >= 0.6 is 0 Å². The number of sulfonamides is 1. The number of hydrogen-bond donors (Lipinski definition) is 1. The maximum Gasteiger partial charge on any atom is 0.264 e. The minimum Gasteiger partial charge on any atom is -0.350 e. The van der Waals surface area contributed by atoms with Crippen LogP contribution in [0.4, 0.5) is 10.1 Å². The molecule has 3 aromatic rings. The first-order valence-electron chi connectivity index (χ1n) is 12.7. The van der Waals surface area contributed by atoms with Gasteiger partial charge in [0.15, 0.2) is 0 Å². The van der Waals surface area contributed by atoms with E-state index in [0.29, 0.717) is 16.8 Å². The average Bonchev–Trinajstić information content (AvgIpc) is 2.87. The van der Waals surface area contributed by atoms with Crippen LogP contribution in [0.1, 0.15) is 44.4 Å². The second-order valence-electron chi connectivity index (χ2n) is 10.6. The lowest BCUT2D eigenvalue weighted by molar-refractivity contribution is -0.140. The lowest BCUT2D eigenvalue weighted by atomic mass is 10.1. The van der Waals surface area contributed by atoms with Crippen LogP contribution in [0.25, 0.3) is 0 Å². The number of nitrogens with one attached hydrogen (secondary N) is 1. The van der Waals surface area contributed by atoms with Crippen molar-refractivity contribution < 1.29 is 22.4 Å². The Balaban J connectivity index is 2.06. The van der Waals surface area contributed by atoms with Crippen LogP contribution in [0.15, 0.2) is 77.7 Å². The van der Waals surface area contributed by atoms with E-state index in [2.05, 4.69) is 5.32 Å². The molecule has 3 aromatic carbocycles. The number of rotatable bonds is 9. The number of anilines is 1. The molecule has 0 bridgehead atoms. The SMILES string of the molecule is Cc1cccc(N(CC(=O)N(Cc2ccc(F)cc2)[C@@H](C)C(=O)NC(C)(C)C)S(=O)(=O)c2ccccc2)c1C. The predicted molar refractivity (Wildman–Crippen MR) is 151 cm³/mol. The first-order valence-corrected chi connectivity index (χ1v) is 14.1. The van der Waals surface area contributed by atoms with Gasteiger partial charge >= 0.3 is 0 Å². The molecule has 0 spiro atoms. The second kappa shape index (κ2) is 12.0. The number of nitrogens with zero attached hydrogens (tertiary/aromatic N) is 2. The minimum absolute atomic E-state index is 0.0101. The Labute approximate surface area is 230 Å². The zero-order valence-corrected chi connectivity index (χ0v) is 24.0. The molecule has 0 radical (unpaired) electrons. The molecule has 1 N–H and O–H groups in total. The van der Waals surface area contributed by atoms with Crippen molar-refractivity contribution in [2.45, 2.75) is 64.6 Å². The highest BCUT2D eigenvalue weighted by atomic mass is 32.2. The summed E-state index contributed by atoms with van der Waals surface area (Å²) < 4.78 is 42.4. The Morgan fingerprint density at radius 2 is 1.54 bits per heavy atom. The van der Waals surface area contributed by atoms with Crippen LogP contribution in [0.5, 0.6) is 0 Å². The fourth-order valence-corrected chi connectivity index (χ4v) is 5.57. The fourth-order valence-electron chi connectivity index (χ4n) is 4.08. The number of hydrogen-bond acceptors (Lipinski definition) is 4. The molecule has 0 aliphatic heterocycles. The first kappa shape index (κ1) is 29.8. The number of benzene rings is 3. The third-order valence-corrected chi connectivity index (χ3v) is 8.16. The molecule has 9 heteroatoms. The van der Waals surface area contributed by atoms with E-state index in [1.165, 1.54) is 41.3 Å². The largest absolute Gasteiger partial charge is 0.350 e. The van der Waals surface area contributed by atoms with Gasteiger partial charge in [-0.15, -0.1) is 0 Å². The third kappa shape index (κ3) is 7.44. The van der Waals surface area contributed by atoms with Crippen molar-refractivity contribution in [3.05, 3.63) is 95.3 Å². The molecule has 0 saturated carbocycles. The zero-order chi connectivity index (χ0) is 29.0. The molecule has 39 heavy (non-hydrogen) atoms. The molecule has 3 rings (SSSR count). The standard InChI is InChI=1S/C30H36FN3O4S/c1-21-11-10-14-27(22(21)2)34(39(37,38)26-12-8-7-9-13-26)20-28(35)33(19-24-15-17-25(31)18-16-24)23(3)29(36)32-30(4,5)6/h7-18,23H,19-20H2,1-6H3,(H,32,36)/t23-/m0/s1. The quantitative estimate of drug-likeness (QED) is 0.405. The molecular weight excluding hydrogens is 517 g/mol. The van der Waals surface area contributed by atoms with E-state index in [-0.39, 0.29) is 17.3 Å². The van der Waals surface area contributed by atoms with Crippen LogP contribution in [-0.4, -0.2) is 43.3 Å². The molecule has 208 valence electrons. The van der Waals surface area contributed by atoms with Gasteiger partial charge in [0, 0.05) is 12.1 Å². The lowest BCUT2D eigenvalue weighted by Gasteiger charge is -2.34. The summed E-state index contributed by atoms with van der Waals surface area (Å²) in [6.45, 7) is 10.2. The van der Waals surface area contributed by atoms with E-state index >= 15 is 0 Å². The molecule has 0 unspecified atom stereocenters. The van der Waals surface area contributed by atoms with Crippen LogP contribution in [0.3, 0.4) is 0 Å². The van der Waals surface area contributed by atoms with Crippen molar-refractivity contribution in [1.82, 2.24) is 10.2 Å². The summed E-state index contributed by atoms with van der Waals surface area (Å²) >= 11 is 0. The van der Waals surface area contributed by atoms with E-state index < -0.39 is 39.9 Å². The van der Waals surface area contributed by atoms with E-state index in [1.807, 2.05) is 33.8 Å². The molecule has 0 fully saturated rings. The second-order valence-corrected chi connectivity index (χ2v) is 12.5. The summed E-state index contributed by atoms with van der Waals surface area (Å²) in [5.74, 6) is -1.39.